The number of carbonyl (C=O) groups is 2. The molecule has 0 spiro atoms. The molecule has 0 fully saturated rings. The number of benzene rings is 2. The Kier molecular flexibility index (Phi) is 6.46. The second-order valence-corrected chi connectivity index (χ2v) is 6.42. The number of carbonyl (C=O) groups excluding carboxylic acids is 1. The first-order chi connectivity index (χ1) is 15.4. The van der Waals surface area contributed by atoms with Gasteiger partial charge in [-0.05, 0) is 42.0 Å². The van der Waals surface area contributed by atoms with Gasteiger partial charge in [0, 0.05) is 5.56 Å². The quantitative estimate of drug-likeness (QED) is 0.590. The molecule has 3 rings (SSSR count). The Hall–Kier alpha value is -4.71. The summed E-state index contributed by atoms with van der Waals surface area (Å²) in [7, 11) is 2.76. The van der Waals surface area contributed by atoms with E-state index in [4.69, 9.17) is 4.74 Å². The lowest BCUT2D eigenvalue weighted by Crippen LogP contribution is -2.28. The number of hydrogen-bond donors (Lipinski definition) is 1. The number of nitriles is 1. The van der Waals surface area contributed by atoms with Gasteiger partial charge in [-0.1, -0.05) is 24.3 Å². The number of methoxy groups -OCH3 is 2. The van der Waals surface area contributed by atoms with Gasteiger partial charge in [-0.25, -0.2) is 9.59 Å². The Morgan fingerprint density at radius 3 is 2.25 bits per heavy atom. The molecule has 1 heterocycles. The number of carboxylic acids is 1. The van der Waals surface area contributed by atoms with Crippen molar-refractivity contribution in [2.45, 2.75) is 0 Å². The molecule has 9 heteroatoms. The van der Waals surface area contributed by atoms with Gasteiger partial charge < -0.3 is 14.6 Å². The van der Waals surface area contributed by atoms with Crippen molar-refractivity contribution in [3.05, 3.63) is 86.8 Å². The van der Waals surface area contributed by atoms with Gasteiger partial charge in [-0.2, -0.15) is 15.0 Å². The Morgan fingerprint density at radius 2 is 1.72 bits per heavy atom. The minimum Gasteiger partial charge on any atom is -0.497 e. The average Bonchev–Trinajstić information content (AvgIpc) is 2.82. The van der Waals surface area contributed by atoms with Crippen molar-refractivity contribution in [1.82, 2.24) is 9.78 Å². The van der Waals surface area contributed by atoms with E-state index in [2.05, 4.69) is 9.84 Å². The molecule has 0 aliphatic carbocycles. The third-order valence-electron chi connectivity index (χ3n) is 4.54. The van der Waals surface area contributed by atoms with Gasteiger partial charge in [0.05, 0.1) is 25.5 Å². The molecule has 0 bridgehead atoms. The van der Waals surface area contributed by atoms with Gasteiger partial charge in [0.2, 0.25) is 0 Å². The highest BCUT2D eigenvalue weighted by Gasteiger charge is 2.21. The van der Waals surface area contributed by atoms with Crippen LogP contribution in [0.15, 0.2) is 53.3 Å². The fourth-order valence-corrected chi connectivity index (χ4v) is 2.89. The molecule has 1 aromatic heterocycles. The van der Waals surface area contributed by atoms with Crippen molar-refractivity contribution in [1.29, 1.82) is 5.26 Å². The van der Waals surface area contributed by atoms with Crippen molar-refractivity contribution in [2.24, 2.45) is 0 Å². The molecule has 0 saturated heterocycles. The van der Waals surface area contributed by atoms with Crippen LogP contribution in [0, 0.1) is 11.3 Å². The van der Waals surface area contributed by atoms with Crippen LogP contribution in [-0.4, -0.2) is 41.0 Å². The summed E-state index contributed by atoms with van der Waals surface area (Å²) in [5.41, 5.74) is -0.469. The molecule has 0 amide bonds. The predicted octanol–water partition coefficient (Wildman–Crippen LogP) is 2.77. The van der Waals surface area contributed by atoms with E-state index >= 15 is 0 Å². The molecule has 2 aromatic carbocycles. The summed E-state index contributed by atoms with van der Waals surface area (Å²) in [6.07, 6.45) is 2.85. The van der Waals surface area contributed by atoms with E-state index in [-0.39, 0.29) is 16.8 Å². The molecular formula is C23H17N3O6. The number of rotatable bonds is 6. The van der Waals surface area contributed by atoms with Gasteiger partial charge in [-0.15, -0.1) is 0 Å². The first kappa shape index (κ1) is 22.0. The van der Waals surface area contributed by atoms with E-state index in [0.29, 0.717) is 16.9 Å². The van der Waals surface area contributed by atoms with Crippen molar-refractivity contribution < 1.29 is 24.2 Å². The molecule has 0 atom stereocenters. The minimum absolute atomic E-state index is 0.119. The molecule has 160 valence electrons. The number of esters is 1. The van der Waals surface area contributed by atoms with E-state index < -0.39 is 23.2 Å². The second kappa shape index (κ2) is 9.40. The van der Waals surface area contributed by atoms with E-state index in [1.165, 1.54) is 50.6 Å². The highest BCUT2D eigenvalue weighted by molar-refractivity contribution is 5.93. The van der Waals surface area contributed by atoms with Crippen LogP contribution in [0.3, 0.4) is 0 Å². The number of aromatic nitrogens is 2. The Balaban J connectivity index is 2.09. The predicted molar refractivity (Wildman–Crippen MR) is 115 cm³/mol. The first-order valence-corrected chi connectivity index (χ1v) is 9.21. The molecule has 32 heavy (non-hydrogen) atoms. The number of carboxylic acid groups (broad SMARTS) is 1. The smallest absolute Gasteiger partial charge is 0.357 e. The normalized spacial score (nSPS) is 10.5. The third-order valence-corrected chi connectivity index (χ3v) is 4.54. The largest absolute Gasteiger partial charge is 0.497 e. The third kappa shape index (κ3) is 4.39. The maximum atomic E-state index is 12.9. The molecule has 0 saturated carbocycles. The summed E-state index contributed by atoms with van der Waals surface area (Å²) in [5, 5.41) is 23.2. The monoisotopic (exact) mass is 431 g/mol. The van der Waals surface area contributed by atoms with E-state index in [1.54, 1.807) is 30.3 Å². The van der Waals surface area contributed by atoms with Crippen LogP contribution in [0.1, 0.15) is 37.5 Å². The van der Waals surface area contributed by atoms with Gasteiger partial charge in [0.25, 0.3) is 5.56 Å². The van der Waals surface area contributed by atoms with Crippen molar-refractivity contribution in [3.8, 4) is 17.5 Å². The fraction of sp³-hybridized carbons (Fsp3) is 0.0870. The van der Waals surface area contributed by atoms with Crippen LogP contribution in [0.4, 0.5) is 0 Å². The summed E-state index contributed by atoms with van der Waals surface area (Å²) in [5.74, 6) is -1.35. The zero-order valence-corrected chi connectivity index (χ0v) is 17.1. The second-order valence-electron chi connectivity index (χ2n) is 6.42. The van der Waals surface area contributed by atoms with E-state index in [9.17, 15) is 24.8 Å². The highest BCUT2D eigenvalue weighted by atomic mass is 16.5. The SMILES string of the molecule is COC(=O)c1ccc(/C=C\c2c(C(=O)O)nn(-c3ccc(OC)cc3)c(=O)c2C#N)cc1. The summed E-state index contributed by atoms with van der Waals surface area (Å²) in [4.78, 5) is 36.3. The number of hydrogen-bond acceptors (Lipinski definition) is 7. The zero-order valence-electron chi connectivity index (χ0n) is 17.1. The van der Waals surface area contributed by atoms with Crippen LogP contribution < -0.4 is 10.3 Å². The number of nitrogens with zero attached hydrogens (tertiary/aromatic N) is 3. The lowest BCUT2D eigenvalue weighted by Gasteiger charge is -2.10. The lowest BCUT2D eigenvalue weighted by atomic mass is 10.1. The van der Waals surface area contributed by atoms with Crippen molar-refractivity contribution >= 4 is 24.1 Å². The number of aromatic carboxylic acids is 1. The van der Waals surface area contributed by atoms with Crippen LogP contribution in [-0.2, 0) is 4.74 Å². The summed E-state index contributed by atoms with van der Waals surface area (Å²) < 4.78 is 10.6. The fourth-order valence-electron chi connectivity index (χ4n) is 2.89. The number of ether oxygens (including phenoxy) is 2. The summed E-state index contributed by atoms with van der Waals surface area (Å²) in [6.45, 7) is 0. The molecule has 0 unspecified atom stereocenters. The first-order valence-electron chi connectivity index (χ1n) is 9.21. The standard InChI is InChI=1S/C23H17N3O6/c1-31-17-10-8-16(9-11-17)26-21(27)19(13-24)18(20(25-26)22(28)29)12-5-14-3-6-15(7-4-14)23(30)32-2/h3-12H,1-2H3,(H,28,29)/b12-5-. The minimum atomic E-state index is -1.40. The van der Waals surface area contributed by atoms with Crippen LogP contribution in [0.25, 0.3) is 17.8 Å². The molecular weight excluding hydrogens is 414 g/mol. The molecule has 0 radical (unpaired) electrons. The van der Waals surface area contributed by atoms with Crippen LogP contribution in [0.2, 0.25) is 0 Å². The van der Waals surface area contributed by atoms with E-state index in [0.717, 1.165) is 4.68 Å². The van der Waals surface area contributed by atoms with Crippen LogP contribution in [0.5, 0.6) is 5.75 Å². The average molecular weight is 431 g/mol. The Bertz CT molecular complexity index is 1300. The Morgan fingerprint density at radius 1 is 1.06 bits per heavy atom. The molecule has 3 aromatic rings. The molecule has 9 nitrogen and oxygen atoms in total. The maximum Gasteiger partial charge on any atom is 0.357 e. The topological polar surface area (TPSA) is 132 Å². The lowest BCUT2D eigenvalue weighted by molar-refractivity contribution is 0.0599. The van der Waals surface area contributed by atoms with E-state index in [1.807, 2.05) is 0 Å². The Labute approximate surface area is 182 Å². The summed E-state index contributed by atoms with van der Waals surface area (Å²) >= 11 is 0. The molecule has 0 aliphatic rings. The molecule has 1 N–H and O–H groups in total. The maximum absolute atomic E-state index is 12.9. The molecule has 0 aliphatic heterocycles. The van der Waals surface area contributed by atoms with Gasteiger partial charge >= 0.3 is 11.9 Å². The zero-order chi connectivity index (χ0) is 23.3. The van der Waals surface area contributed by atoms with Gasteiger partial charge in [-0.3, -0.25) is 4.79 Å². The van der Waals surface area contributed by atoms with Gasteiger partial charge in [0.1, 0.15) is 17.4 Å². The highest BCUT2D eigenvalue weighted by Crippen LogP contribution is 2.18. The summed E-state index contributed by atoms with van der Waals surface area (Å²) in [6, 6.07) is 14.3. The van der Waals surface area contributed by atoms with Crippen molar-refractivity contribution in [3.63, 3.8) is 0 Å². The van der Waals surface area contributed by atoms with Gasteiger partial charge in [0.15, 0.2) is 5.69 Å². The van der Waals surface area contributed by atoms with Crippen LogP contribution >= 0.6 is 0 Å². The van der Waals surface area contributed by atoms with Crippen molar-refractivity contribution in [2.75, 3.05) is 14.2 Å².